The van der Waals surface area contributed by atoms with Crippen LogP contribution in [0.2, 0.25) is 0 Å². The molecule has 3 heteroatoms. The van der Waals surface area contributed by atoms with Gasteiger partial charge in [-0.15, -0.1) is 0 Å². The predicted molar refractivity (Wildman–Crippen MR) is 231 cm³/mol. The summed E-state index contributed by atoms with van der Waals surface area (Å²) in [5.41, 5.74) is 12.6. The molecular formula is C52H35N3. The second kappa shape index (κ2) is 13.9. The maximum atomic E-state index is 5.44. The maximum Gasteiger partial charge on any atom is 0.0788 e. The molecule has 55 heavy (non-hydrogen) atoms. The lowest BCUT2D eigenvalue weighted by atomic mass is 9.93. The molecular weight excluding hydrogens is 667 g/mol. The van der Waals surface area contributed by atoms with Crippen molar-refractivity contribution in [3.63, 3.8) is 0 Å². The molecule has 0 N–H and O–H groups in total. The van der Waals surface area contributed by atoms with Crippen LogP contribution < -0.4 is 4.90 Å². The highest BCUT2D eigenvalue weighted by atomic mass is 15.1. The summed E-state index contributed by atoms with van der Waals surface area (Å²) in [6.07, 6.45) is 0. The summed E-state index contributed by atoms with van der Waals surface area (Å²) in [4.78, 5) is 13.0. The van der Waals surface area contributed by atoms with E-state index in [0.717, 1.165) is 78.3 Å². The fraction of sp³-hybridized carbons (Fsp3) is 0. The molecule has 0 aliphatic heterocycles. The van der Waals surface area contributed by atoms with Gasteiger partial charge in [-0.25, -0.2) is 9.97 Å². The first-order valence-electron chi connectivity index (χ1n) is 18.7. The predicted octanol–water partition coefficient (Wildman–Crippen LogP) is 14.1. The van der Waals surface area contributed by atoms with Gasteiger partial charge in [0.2, 0.25) is 0 Å². The Morgan fingerprint density at radius 2 is 0.836 bits per heavy atom. The Balaban J connectivity index is 1.22. The van der Waals surface area contributed by atoms with Crippen molar-refractivity contribution < 1.29 is 0 Å². The number of hydrogen-bond acceptors (Lipinski definition) is 3. The first-order chi connectivity index (χ1) is 27.3. The van der Waals surface area contributed by atoms with Crippen LogP contribution in [0.3, 0.4) is 0 Å². The largest absolute Gasteiger partial charge is 0.310 e. The Hall–Kier alpha value is -7.36. The van der Waals surface area contributed by atoms with Gasteiger partial charge < -0.3 is 4.90 Å². The van der Waals surface area contributed by atoms with E-state index < -0.39 is 0 Å². The first kappa shape index (κ1) is 32.3. The summed E-state index contributed by atoms with van der Waals surface area (Å²) in [7, 11) is 0. The standard InChI is InChI=1S/C52H35N3/c1-6-16-36(17-7-1)41-33-48(38-18-8-2-9-19-38)53-49(34-41)40-27-26-37-28-30-46-51(47(37)32-40)45-31-29-44(35-50(45)54-52(46)39-20-10-3-11-21-39)55(42-22-12-4-13-23-42)43-24-14-5-15-25-43/h1-35H. The summed E-state index contributed by atoms with van der Waals surface area (Å²) >= 11 is 0. The van der Waals surface area contributed by atoms with E-state index in [2.05, 4.69) is 211 Å². The van der Waals surface area contributed by atoms with Crippen LogP contribution in [0.15, 0.2) is 212 Å². The van der Waals surface area contributed by atoms with Crippen LogP contribution in [0, 0.1) is 0 Å². The highest BCUT2D eigenvalue weighted by Crippen LogP contribution is 2.42. The molecule has 2 heterocycles. The summed E-state index contributed by atoms with van der Waals surface area (Å²) in [5, 5.41) is 5.75. The molecule has 0 saturated heterocycles. The Morgan fingerprint density at radius 1 is 0.309 bits per heavy atom. The van der Waals surface area contributed by atoms with E-state index in [4.69, 9.17) is 9.97 Å². The second-order valence-electron chi connectivity index (χ2n) is 13.8. The molecule has 0 bridgehead atoms. The number of pyridine rings is 2. The molecule has 0 fully saturated rings. The van der Waals surface area contributed by atoms with Crippen molar-refractivity contribution >= 4 is 49.5 Å². The maximum absolute atomic E-state index is 5.44. The molecule has 0 amide bonds. The van der Waals surface area contributed by atoms with Crippen molar-refractivity contribution in [1.29, 1.82) is 0 Å². The van der Waals surface area contributed by atoms with Crippen molar-refractivity contribution in [1.82, 2.24) is 9.97 Å². The molecule has 8 aromatic carbocycles. The van der Waals surface area contributed by atoms with Crippen LogP contribution in [0.1, 0.15) is 0 Å². The molecule has 0 aliphatic carbocycles. The fourth-order valence-electron chi connectivity index (χ4n) is 7.76. The zero-order valence-electron chi connectivity index (χ0n) is 30.0. The Morgan fingerprint density at radius 3 is 1.47 bits per heavy atom. The second-order valence-corrected chi connectivity index (χ2v) is 13.8. The average Bonchev–Trinajstić information content (AvgIpc) is 3.27. The van der Waals surface area contributed by atoms with Crippen LogP contribution in [0.5, 0.6) is 0 Å². The van der Waals surface area contributed by atoms with E-state index in [-0.39, 0.29) is 0 Å². The van der Waals surface area contributed by atoms with Gasteiger partial charge >= 0.3 is 0 Å². The summed E-state index contributed by atoms with van der Waals surface area (Å²) in [5.74, 6) is 0. The summed E-state index contributed by atoms with van der Waals surface area (Å²) < 4.78 is 0. The van der Waals surface area contributed by atoms with Crippen LogP contribution >= 0.6 is 0 Å². The highest BCUT2D eigenvalue weighted by molar-refractivity contribution is 6.23. The van der Waals surface area contributed by atoms with E-state index in [1.165, 1.54) is 16.2 Å². The molecule has 0 aliphatic rings. The van der Waals surface area contributed by atoms with E-state index >= 15 is 0 Å². The molecule has 10 rings (SSSR count). The number of benzene rings is 8. The van der Waals surface area contributed by atoms with Crippen molar-refractivity contribution in [3.8, 4) is 44.9 Å². The van der Waals surface area contributed by atoms with Gasteiger partial charge in [0.05, 0.1) is 22.6 Å². The Bertz CT molecular complexity index is 2850. The van der Waals surface area contributed by atoms with Crippen LogP contribution in [-0.4, -0.2) is 9.97 Å². The minimum Gasteiger partial charge on any atom is -0.310 e. The quantitative estimate of drug-likeness (QED) is 0.155. The normalized spacial score (nSPS) is 11.3. The van der Waals surface area contributed by atoms with E-state index in [1.807, 2.05) is 6.07 Å². The van der Waals surface area contributed by atoms with Gasteiger partial charge in [-0.1, -0.05) is 158 Å². The molecule has 0 unspecified atom stereocenters. The van der Waals surface area contributed by atoms with Crippen molar-refractivity contribution in [2.75, 3.05) is 4.90 Å². The van der Waals surface area contributed by atoms with Gasteiger partial charge in [0, 0.05) is 49.9 Å². The van der Waals surface area contributed by atoms with E-state index in [9.17, 15) is 0 Å². The first-order valence-corrected chi connectivity index (χ1v) is 18.7. The number of aromatic nitrogens is 2. The van der Waals surface area contributed by atoms with Gasteiger partial charge in [-0.3, -0.25) is 0 Å². The van der Waals surface area contributed by atoms with Gasteiger partial charge in [0.15, 0.2) is 0 Å². The third-order valence-electron chi connectivity index (χ3n) is 10.4. The molecule has 2 aromatic heterocycles. The molecule has 0 saturated carbocycles. The summed E-state index contributed by atoms with van der Waals surface area (Å²) in [6, 6.07) is 75.0. The third-order valence-corrected chi connectivity index (χ3v) is 10.4. The number of anilines is 3. The molecule has 0 spiro atoms. The molecule has 10 aromatic rings. The molecule has 258 valence electrons. The minimum absolute atomic E-state index is 0.935. The van der Waals surface area contributed by atoms with Crippen molar-refractivity contribution in [3.05, 3.63) is 212 Å². The third kappa shape index (κ3) is 6.08. The molecule has 0 radical (unpaired) electrons. The number of rotatable bonds is 7. The molecule has 3 nitrogen and oxygen atoms in total. The average molecular weight is 702 g/mol. The zero-order valence-corrected chi connectivity index (χ0v) is 30.0. The lowest BCUT2D eigenvalue weighted by molar-refractivity contribution is 1.28. The van der Waals surface area contributed by atoms with Crippen molar-refractivity contribution in [2.45, 2.75) is 0 Å². The number of fused-ring (bicyclic) bond motifs is 5. The minimum atomic E-state index is 0.935. The lowest BCUT2D eigenvalue weighted by Crippen LogP contribution is -2.09. The van der Waals surface area contributed by atoms with E-state index in [0.29, 0.717) is 0 Å². The van der Waals surface area contributed by atoms with Crippen LogP contribution in [0.25, 0.3) is 77.3 Å². The Labute approximate surface area is 320 Å². The van der Waals surface area contributed by atoms with Crippen LogP contribution in [0.4, 0.5) is 17.1 Å². The lowest BCUT2D eigenvalue weighted by Gasteiger charge is -2.26. The monoisotopic (exact) mass is 701 g/mol. The zero-order chi connectivity index (χ0) is 36.6. The van der Waals surface area contributed by atoms with Gasteiger partial charge in [-0.2, -0.15) is 0 Å². The van der Waals surface area contributed by atoms with E-state index in [1.54, 1.807) is 0 Å². The van der Waals surface area contributed by atoms with Gasteiger partial charge in [0.1, 0.15) is 0 Å². The number of para-hydroxylation sites is 2. The summed E-state index contributed by atoms with van der Waals surface area (Å²) in [6.45, 7) is 0. The smallest absolute Gasteiger partial charge is 0.0788 e. The van der Waals surface area contributed by atoms with Crippen molar-refractivity contribution in [2.24, 2.45) is 0 Å². The van der Waals surface area contributed by atoms with Gasteiger partial charge in [-0.05, 0) is 76.5 Å². The number of hydrogen-bond donors (Lipinski definition) is 0. The number of nitrogens with zero attached hydrogens (tertiary/aromatic N) is 3. The highest BCUT2D eigenvalue weighted by Gasteiger charge is 2.18. The molecule has 0 atom stereocenters. The Kier molecular flexibility index (Phi) is 8.16. The fourth-order valence-corrected chi connectivity index (χ4v) is 7.76. The SMILES string of the molecule is c1ccc(-c2cc(-c3ccccc3)nc(-c3ccc4ccc5c(-c6ccccc6)nc6cc(N(c7ccccc7)c7ccccc7)ccc6c5c4c3)c2)cc1. The van der Waals surface area contributed by atoms with Crippen LogP contribution in [-0.2, 0) is 0 Å². The topological polar surface area (TPSA) is 29.0 Å². The van der Waals surface area contributed by atoms with Gasteiger partial charge in [0.25, 0.3) is 0 Å².